The molecule has 2 heterocycles. The molecule has 0 spiro atoms. The molecular formula is C25H30N4O4. The van der Waals surface area contributed by atoms with Crippen LogP contribution in [0.1, 0.15) is 12.8 Å². The Hall–Kier alpha value is -3.55. The summed E-state index contributed by atoms with van der Waals surface area (Å²) in [5.41, 5.74) is 1.92. The minimum absolute atomic E-state index is 0.0399. The van der Waals surface area contributed by atoms with E-state index in [1.165, 1.54) is 0 Å². The van der Waals surface area contributed by atoms with Crippen molar-refractivity contribution in [3.8, 4) is 5.75 Å². The van der Waals surface area contributed by atoms with E-state index >= 15 is 0 Å². The number of carbonyl (C=O) groups is 3. The predicted octanol–water partition coefficient (Wildman–Crippen LogP) is 1.90. The van der Waals surface area contributed by atoms with Crippen molar-refractivity contribution >= 4 is 29.1 Å². The number of carbonyl (C=O) groups excluding carboxylic acids is 3. The number of hydrogen-bond acceptors (Lipinski definition) is 5. The van der Waals surface area contributed by atoms with Crippen LogP contribution in [0.4, 0.5) is 11.4 Å². The van der Waals surface area contributed by atoms with Crippen molar-refractivity contribution in [2.45, 2.75) is 12.8 Å². The van der Waals surface area contributed by atoms with Crippen molar-refractivity contribution in [3.05, 3.63) is 54.6 Å². The predicted molar refractivity (Wildman–Crippen MR) is 126 cm³/mol. The highest BCUT2D eigenvalue weighted by Crippen LogP contribution is 2.25. The van der Waals surface area contributed by atoms with E-state index in [0.717, 1.165) is 30.2 Å². The fourth-order valence-electron chi connectivity index (χ4n) is 4.34. The maximum Gasteiger partial charge on any atom is 0.227 e. The smallest absolute Gasteiger partial charge is 0.227 e. The Labute approximate surface area is 194 Å². The largest absolute Gasteiger partial charge is 0.497 e. The van der Waals surface area contributed by atoms with Crippen LogP contribution in [0.3, 0.4) is 0 Å². The highest BCUT2D eigenvalue weighted by atomic mass is 16.5. The fourth-order valence-corrected chi connectivity index (χ4v) is 4.34. The molecule has 1 unspecified atom stereocenters. The Morgan fingerprint density at radius 1 is 0.970 bits per heavy atom. The van der Waals surface area contributed by atoms with Gasteiger partial charge in [0, 0.05) is 63.5 Å². The number of ether oxygens (including phenoxy) is 1. The molecule has 4 rings (SSSR count). The molecule has 1 atom stereocenters. The van der Waals surface area contributed by atoms with E-state index in [4.69, 9.17) is 4.74 Å². The van der Waals surface area contributed by atoms with Gasteiger partial charge in [0.05, 0.1) is 13.0 Å². The first-order chi connectivity index (χ1) is 16.0. The number of anilines is 2. The standard InChI is InChI=1S/C25H30N4O4/c1-33-22-9-7-20(8-10-22)27-13-15-28(16-14-27)23(30)11-12-26-25(32)19-17-24(31)29(18-19)21-5-3-2-4-6-21/h2-10,19H,11-18H2,1H3,(H,26,32). The summed E-state index contributed by atoms with van der Waals surface area (Å²) in [6.07, 6.45) is 0.458. The highest BCUT2D eigenvalue weighted by Gasteiger charge is 2.35. The molecule has 174 valence electrons. The first kappa shape index (κ1) is 22.6. The van der Waals surface area contributed by atoms with Crippen LogP contribution in [0.5, 0.6) is 5.75 Å². The van der Waals surface area contributed by atoms with Crippen LogP contribution in [0.25, 0.3) is 0 Å². The van der Waals surface area contributed by atoms with Crippen LogP contribution in [-0.2, 0) is 14.4 Å². The molecule has 0 aliphatic carbocycles. The first-order valence-electron chi connectivity index (χ1n) is 11.3. The minimum atomic E-state index is -0.388. The highest BCUT2D eigenvalue weighted by molar-refractivity contribution is 6.00. The number of nitrogens with zero attached hydrogens (tertiary/aromatic N) is 3. The number of benzene rings is 2. The second-order valence-corrected chi connectivity index (χ2v) is 8.35. The molecule has 2 aliphatic heterocycles. The molecule has 2 aromatic carbocycles. The molecular weight excluding hydrogens is 420 g/mol. The molecule has 0 saturated carbocycles. The Morgan fingerprint density at radius 2 is 1.67 bits per heavy atom. The molecule has 0 radical (unpaired) electrons. The maximum absolute atomic E-state index is 12.6. The minimum Gasteiger partial charge on any atom is -0.497 e. The van der Waals surface area contributed by atoms with Gasteiger partial charge >= 0.3 is 0 Å². The van der Waals surface area contributed by atoms with Crippen LogP contribution in [0.15, 0.2) is 54.6 Å². The lowest BCUT2D eigenvalue weighted by atomic mass is 10.1. The lowest BCUT2D eigenvalue weighted by Crippen LogP contribution is -2.49. The van der Waals surface area contributed by atoms with E-state index < -0.39 is 0 Å². The molecule has 33 heavy (non-hydrogen) atoms. The molecule has 2 aliphatic rings. The van der Waals surface area contributed by atoms with Crippen LogP contribution in [0, 0.1) is 5.92 Å². The Balaban J connectivity index is 1.18. The first-order valence-corrected chi connectivity index (χ1v) is 11.3. The molecule has 0 bridgehead atoms. The third-order valence-corrected chi connectivity index (χ3v) is 6.27. The van der Waals surface area contributed by atoms with Crippen molar-refractivity contribution in [2.24, 2.45) is 5.92 Å². The van der Waals surface area contributed by atoms with Crippen molar-refractivity contribution in [3.63, 3.8) is 0 Å². The lowest BCUT2D eigenvalue weighted by Gasteiger charge is -2.36. The molecule has 8 heteroatoms. The maximum atomic E-state index is 12.6. The Bertz CT molecular complexity index is 972. The van der Waals surface area contributed by atoms with Gasteiger partial charge in [-0.2, -0.15) is 0 Å². The van der Waals surface area contributed by atoms with Crippen molar-refractivity contribution in [2.75, 3.05) is 56.2 Å². The summed E-state index contributed by atoms with van der Waals surface area (Å²) < 4.78 is 5.20. The van der Waals surface area contributed by atoms with Crippen molar-refractivity contribution in [1.29, 1.82) is 0 Å². The van der Waals surface area contributed by atoms with Crippen molar-refractivity contribution in [1.82, 2.24) is 10.2 Å². The summed E-state index contributed by atoms with van der Waals surface area (Å²) in [5, 5.41) is 2.85. The SMILES string of the molecule is COc1ccc(N2CCN(C(=O)CCNC(=O)C3CC(=O)N(c4ccccc4)C3)CC2)cc1. The van der Waals surface area contributed by atoms with Crippen LogP contribution < -0.4 is 19.9 Å². The van der Waals surface area contributed by atoms with Gasteiger partial charge in [-0.25, -0.2) is 0 Å². The number of para-hydroxylation sites is 1. The average molecular weight is 451 g/mol. The molecule has 2 saturated heterocycles. The summed E-state index contributed by atoms with van der Waals surface area (Å²) >= 11 is 0. The second kappa shape index (κ2) is 10.4. The zero-order valence-corrected chi connectivity index (χ0v) is 18.9. The number of hydrogen-bond donors (Lipinski definition) is 1. The third-order valence-electron chi connectivity index (χ3n) is 6.27. The van der Waals surface area contributed by atoms with Gasteiger partial charge in [0.2, 0.25) is 17.7 Å². The van der Waals surface area contributed by atoms with Gasteiger partial charge in [-0.05, 0) is 36.4 Å². The zero-order valence-electron chi connectivity index (χ0n) is 18.9. The van der Waals surface area contributed by atoms with Gasteiger partial charge in [0.15, 0.2) is 0 Å². The molecule has 0 aromatic heterocycles. The monoisotopic (exact) mass is 450 g/mol. The van der Waals surface area contributed by atoms with Crippen LogP contribution in [0.2, 0.25) is 0 Å². The fraction of sp³-hybridized carbons (Fsp3) is 0.400. The lowest BCUT2D eigenvalue weighted by molar-refractivity contribution is -0.131. The van der Waals surface area contributed by atoms with Gasteiger partial charge < -0.3 is 24.8 Å². The third kappa shape index (κ3) is 5.45. The summed E-state index contributed by atoms with van der Waals surface area (Å²) in [6.45, 7) is 3.50. The summed E-state index contributed by atoms with van der Waals surface area (Å²) in [5.74, 6) is 0.259. The van der Waals surface area contributed by atoms with Crippen LogP contribution >= 0.6 is 0 Å². The van der Waals surface area contributed by atoms with E-state index in [1.807, 2.05) is 59.5 Å². The Kier molecular flexibility index (Phi) is 7.12. The number of methoxy groups -OCH3 is 1. The van der Waals surface area contributed by atoms with Crippen LogP contribution in [-0.4, -0.2) is 69.0 Å². The van der Waals surface area contributed by atoms with E-state index in [0.29, 0.717) is 19.6 Å². The molecule has 3 amide bonds. The number of piperazine rings is 1. The van der Waals surface area contributed by atoms with Gasteiger partial charge in [0.25, 0.3) is 0 Å². The molecule has 2 aromatic rings. The quantitative estimate of drug-likeness (QED) is 0.697. The molecule has 8 nitrogen and oxygen atoms in total. The second-order valence-electron chi connectivity index (χ2n) is 8.35. The molecule has 2 fully saturated rings. The van der Waals surface area contributed by atoms with Gasteiger partial charge in [-0.3, -0.25) is 14.4 Å². The average Bonchev–Trinajstić information content (AvgIpc) is 3.26. The van der Waals surface area contributed by atoms with Gasteiger partial charge in [-0.1, -0.05) is 18.2 Å². The Morgan fingerprint density at radius 3 is 2.33 bits per heavy atom. The number of rotatable bonds is 7. The zero-order chi connectivity index (χ0) is 23.2. The van der Waals surface area contributed by atoms with Gasteiger partial charge in [-0.15, -0.1) is 0 Å². The topological polar surface area (TPSA) is 82.2 Å². The van der Waals surface area contributed by atoms with Gasteiger partial charge in [0.1, 0.15) is 5.75 Å². The summed E-state index contributed by atoms with van der Waals surface area (Å²) in [4.78, 5) is 43.2. The number of amides is 3. The van der Waals surface area contributed by atoms with Crippen molar-refractivity contribution < 1.29 is 19.1 Å². The molecule has 1 N–H and O–H groups in total. The summed E-state index contributed by atoms with van der Waals surface area (Å²) in [7, 11) is 1.65. The van der Waals surface area contributed by atoms with E-state index in [-0.39, 0.29) is 43.0 Å². The van der Waals surface area contributed by atoms with E-state index in [2.05, 4.69) is 10.2 Å². The van der Waals surface area contributed by atoms with E-state index in [1.54, 1.807) is 12.0 Å². The summed E-state index contributed by atoms with van der Waals surface area (Å²) in [6, 6.07) is 17.3. The normalized spacial score (nSPS) is 18.4. The number of nitrogens with one attached hydrogen (secondary N) is 1. The van der Waals surface area contributed by atoms with E-state index in [9.17, 15) is 14.4 Å².